The average molecular weight is 239 g/mol. The Bertz CT molecular complexity index is 380. The quantitative estimate of drug-likeness (QED) is 0.745. The fourth-order valence-electron chi connectivity index (χ4n) is 1.73. The van der Waals surface area contributed by atoms with E-state index in [4.69, 9.17) is 5.11 Å². The van der Waals surface area contributed by atoms with E-state index in [2.05, 4.69) is 6.58 Å². The maximum absolute atomic E-state index is 13.1. The van der Waals surface area contributed by atoms with Gasteiger partial charge in [-0.25, -0.2) is 4.39 Å². The van der Waals surface area contributed by atoms with Gasteiger partial charge in [0.05, 0.1) is 12.7 Å². The molecule has 3 nitrogen and oxygen atoms in total. The lowest BCUT2D eigenvalue weighted by atomic mass is 10.1. The maximum Gasteiger partial charge on any atom is 0.123 e. The van der Waals surface area contributed by atoms with Crippen molar-refractivity contribution in [3.63, 3.8) is 0 Å². The molecule has 0 amide bonds. The summed E-state index contributed by atoms with van der Waals surface area (Å²) in [7, 11) is 0. The smallest absolute Gasteiger partial charge is 0.123 e. The van der Waals surface area contributed by atoms with E-state index < -0.39 is 6.10 Å². The fourth-order valence-corrected chi connectivity index (χ4v) is 1.73. The molecule has 1 rings (SSSR count). The number of halogens is 1. The molecule has 0 aliphatic rings. The van der Waals surface area contributed by atoms with Crippen molar-refractivity contribution in [2.45, 2.75) is 13.0 Å². The number of hydrogen-bond acceptors (Lipinski definition) is 3. The highest BCUT2D eigenvalue weighted by Gasteiger charge is 2.14. The molecule has 0 saturated heterocycles. The van der Waals surface area contributed by atoms with Crippen LogP contribution in [0.2, 0.25) is 0 Å². The van der Waals surface area contributed by atoms with Gasteiger partial charge < -0.3 is 15.1 Å². The van der Waals surface area contributed by atoms with Crippen molar-refractivity contribution in [2.75, 3.05) is 24.6 Å². The summed E-state index contributed by atoms with van der Waals surface area (Å²) in [6, 6.07) is 4.26. The minimum Gasteiger partial charge on any atom is -0.395 e. The van der Waals surface area contributed by atoms with Gasteiger partial charge in [0, 0.05) is 24.3 Å². The summed E-state index contributed by atoms with van der Waals surface area (Å²) < 4.78 is 13.1. The molecule has 4 heteroatoms. The molecule has 0 spiro atoms. The third-order valence-electron chi connectivity index (χ3n) is 2.50. The molecule has 0 aromatic heterocycles. The van der Waals surface area contributed by atoms with Crippen LogP contribution >= 0.6 is 0 Å². The van der Waals surface area contributed by atoms with E-state index in [1.807, 2.05) is 4.90 Å². The predicted octanol–water partition coefficient (Wildman–Crippen LogP) is 1.86. The van der Waals surface area contributed by atoms with Crippen molar-refractivity contribution < 1.29 is 14.6 Å². The molecule has 0 aliphatic heterocycles. The summed E-state index contributed by atoms with van der Waals surface area (Å²) >= 11 is 0. The molecule has 1 atom stereocenters. The van der Waals surface area contributed by atoms with Crippen LogP contribution in [0.1, 0.15) is 18.6 Å². The highest BCUT2D eigenvalue weighted by Crippen LogP contribution is 2.27. The van der Waals surface area contributed by atoms with Crippen molar-refractivity contribution in [3.8, 4) is 0 Å². The zero-order chi connectivity index (χ0) is 12.8. The SMILES string of the molecule is C=CCN(CCO)c1ccc(F)cc1C(C)O. The van der Waals surface area contributed by atoms with Crippen LogP contribution in [0.25, 0.3) is 0 Å². The number of rotatable bonds is 6. The van der Waals surface area contributed by atoms with Crippen molar-refractivity contribution in [3.05, 3.63) is 42.2 Å². The van der Waals surface area contributed by atoms with Crippen LogP contribution in [-0.2, 0) is 0 Å². The van der Waals surface area contributed by atoms with Crippen molar-refractivity contribution in [1.82, 2.24) is 0 Å². The van der Waals surface area contributed by atoms with E-state index in [1.54, 1.807) is 19.1 Å². The van der Waals surface area contributed by atoms with Gasteiger partial charge in [0.2, 0.25) is 0 Å². The molecule has 2 N–H and O–H groups in total. The van der Waals surface area contributed by atoms with Crippen LogP contribution in [0.15, 0.2) is 30.9 Å². The summed E-state index contributed by atoms with van der Waals surface area (Å²) in [5, 5.41) is 18.6. The van der Waals surface area contributed by atoms with Crippen LogP contribution in [0, 0.1) is 5.82 Å². The number of nitrogens with zero attached hydrogens (tertiary/aromatic N) is 1. The Hall–Kier alpha value is -1.39. The molecule has 0 aliphatic carbocycles. The van der Waals surface area contributed by atoms with E-state index in [-0.39, 0.29) is 12.4 Å². The largest absolute Gasteiger partial charge is 0.395 e. The Balaban J connectivity index is 3.11. The van der Waals surface area contributed by atoms with Gasteiger partial charge in [0.1, 0.15) is 5.82 Å². The molecule has 94 valence electrons. The van der Waals surface area contributed by atoms with E-state index in [0.29, 0.717) is 18.7 Å². The van der Waals surface area contributed by atoms with Gasteiger partial charge in [-0.1, -0.05) is 6.08 Å². The first kappa shape index (κ1) is 13.7. The molecular weight excluding hydrogens is 221 g/mol. The first-order valence-electron chi connectivity index (χ1n) is 5.54. The van der Waals surface area contributed by atoms with Crippen molar-refractivity contribution in [2.24, 2.45) is 0 Å². The number of anilines is 1. The zero-order valence-corrected chi connectivity index (χ0v) is 9.93. The molecule has 0 bridgehead atoms. The predicted molar refractivity (Wildman–Crippen MR) is 66.5 cm³/mol. The molecular formula is C13H18FNO2. The average Bonchev–Trinajstić information content (AvgIpc) is 2.28. The van der Waals surface area contributed by atoms with Gasteiger partial charge in [-0.15, -0.1) is 6.58 Å². The van der Waals surface area contributed by atoms with E-state index in [0.717, 1.165) is 5.69 Å². The molecule has 0 fully saturated rings. The topological polar surface area (TPSA) is 43.7 Å². The van der Waals surface area contributed by atoms with Crippen LogP contribution < -0.4 is 4.90 Å². The summed E-state index contributed by atoms with van der Waals surface area (Å²) in [4.78, 5) is 1.84. The summed E-state index contributed by atoms with van der Waals surface area (Å²) in [5.74, 6) is -0.382. The molecule has 0 saturated carbocycles. The number of hydrogen-bond donors (Lipinski definition) is 2. The highest BCUT2D eigenvalue weighted by molar-refractivity contribution is 5.55. The lowest BCUT2D eigenvalue weighted by molar-refractivity contribution is 0.199. The zero-order valence-electron chi connectivity index (χ0n) is 9.93. The van der Waals surface area contributed by atoms with E-state index in [1.165, 1.54) is 12.1 Å². The first-order chi connectivity index (χ1) is 8.10. The van der Waals surface area contributed by atoms with Gasteiger partial charge in [0.15, 0.2) is 0 Å². The Morgan fingerprint density at radius 2 is 2.24 bits per heavy atom. The molecule has 1 aromatic rings. The summed E-state index contributed by atoms with van der Waals surface area (Å²) in [5.41, 5.74) is 1.23. The molecule has 0 heterocycles. The molecule has 0 radical (unpaired) electrons. The normalized spacial score (nSPS) is 12.2. The second-order valence-electron chi connectivity index (χ2n) is 3.84. The third-order valence-corrected chi connectivity index (χ3v) is 2.50. The lowest BCUT2D eigenvalue weighted by Gasteiger charge is -2.26. The van der Waals surface area contributed by atoms with Gasteiger partial charge >= 0.3 is 0 Å². The Kier molecular flexibility index (Phi) is 5.12. The van der Waals surface area contributed by atoms with Gasteiger partial charge in [-0.2, -0.15) is 0 Å². The number of benzene rings is 1. The van der Waals surface area contributed by atoms with Crippen molar-refractivity contribution in [1.29, 1.82) is 0 Å². The van der Waals surface area contributed by atoms with Crippen LogP contribution in [0.5, 0.6) is 0 Å². The molecule has 1 aromatic carbocycles. The Labute approximate surface area is 101 Å². The standard InChI is InChI=1S/C13H18FNO2/c1-3-6-15(7-8-16)13-5-4-11(14)9-12(13)10(2)17/h3-5,9-10,16-17H,1,6-8H2,2H3. The minimum absolute atomic E-state index is 0.00946. The van der Waals surface area contributed by atoms with E-state index >= 15 is 0 Å². The summed E-state index contributed by atoms with van der Waals surface area (Å²) in [6.07, 6.45) is 0.942. The Morgan fingerprint density at radius 1 is 1.53 bits per heavy atom. The van der Waals surface area contributed by atoms with Crippen LogP contribution in [0.3, 0.4) is 0 Å². The second-order valence-corrected chi connectivity index (χ2v) is 3.84. The minimum atomic E-state index is -0.758. The van der Waals surface area contributed by atoms with Crippen LogP contribution in [0.4, 0.5) is 10.1 Å². The van der Waals surface area contributed by atoms with Crippen LogP contribution in [-0.4, -0.2) is 29.9 Å². The van der Waals surface area contributed by atoms with Gasteiger partial charge in [-0.3, -0.25) is 0 Å². The molecule has 1 unspecified atom stereocenters. The first-order valence-corrected chi connectivity index (χ1v) is 5.54. The second kappa shape index (κ2) is 6.37. The monoisotopic (exact) mass is 239 g/mol. The summed E-state index contributed by atoms with van der Waals surface area (Å²) in [6.45, 7) is 6.17. The highest BCUT2D eigenvalue weighted by atomic mass is 19.1. The maximum atomic E-state index is 13.1. The number of aliphatic hydroxyl groups is 2. The number of aliphatic hydroxyl groups excluding tert-OH is 2. The third kappa shape index (κ3) is 3.54. The Morgan fingerprint density at radius 3 is 2.76 bits per heavy atom. The van der Waals surface area contributed by atoms with E-state index in [9.17, 15) is 9.50 Å². The van der Waals surface area contributed by atoms with Crippen molar-refractivity contribution >= 4 is 5.69 Å². The molecule has 17 heavy (non-hydrogen) atoms. The van der Waals surface area contributed by atoms with Gasteiger partial charge in [-0.05, 0) is 25.1 Å². The fraction of sp³-hybridized carbons (Fsp3) is 0.385. The van der Waals surface area contributed by atoms with Gasteiger partial charge in [0.25, 0.3) is 0 Å². The lowest BCUT2D eigenvalue weighted by Crippen LogP contribution is -2.28.